The molecule has 0 bridgehead atoms. The predicted octanol–water partition coefficient (Wildman–Crippen LogP) is 1.62. The van der Waals surface area contributed by atoms with E-state index in [1.165, 1.54) is 22.8 Å². The van der Waals surface area contributed by atoms with Crippen LogP contribution in [-0.2, 0) is 19.7 Å². The van der Waals surface area contributed by atoms with Crippen molar-refractivity contribution < 1.29 is 17.9 Å². The van der Waals surface area contributed by atoms with Crippen molar-refractivity contribution in [2.24, 2.45) is 0 Å². The average molecular weight is 332 g/mol. The second-order valence-electron chi connectivity index (χ2n) is 4.98. The quantitative estimate of drug-likeness (QED) is 0.743. The molecule has 21 heavy (non-hydrogen) atoms. The van der Waals surface area contributed by atoms with Crippen molar-refractivity contribution in [3.63, 3.8) is 0 Å². The van der Waals surface area contributed by atoms with Gasteiger partial charge in [-0.1, -0.05) is 0 Å². The summed E-state index contributed by atoms with van der Waals surface area (Å²) >= 11 is 1.57. The Morgan fingerprint density at radius 2 is 2.33 bits per heavy atom. The number of nitrogens with zero attached hydrogens (tertiary/aromatic N) is 2. The maximum Gasteiger partial charge on any atom is 0.306 e. The second kappa shape index (κ2) is 6.87. The Balaban J connectivity index is 2.09. The van der Waals surface area contributed by atoms with Gasteiger partial charge in [0.2, 0.25) is 0 Å². The Labute approximate surface area is 129 Å². The zero-order chi connectivity index (χ0) is 15.5. The first-order valence-electron chi connectivity index (χ1n) is 6.79. The molecule has 0 spiro atoms. The van der Waals surface area contributed by atoms with E-state index in [9.17, 15) is 13.2 Å². The van der Waals surface area contributed by atoms with Gasteiger partial charge in [-0.05, 0) is 35.2 Å². The lowest BCUT2D eigenvalue weighted by molar-refractivity contribution is -0.140. The van der Waals surface area contributed by atoms with Crippen molar-refractivity contribution in [1.29, 1.82) is 0 Å². The third-order valence-corrected chi connectivity index (χ3v) is 6.38. The number of carbonyl (C=O) groups excluding carboxylic acids is 1. The van der Waals surface area contributed by atoms with E-state index in [1.807, 2.05) is 16.8 Å². The van der Waals surface area contributed by atoms with Crippen molar-refractivity contribution in [3.05, 3.63) is 22.4 Å². The lowest BCUT2D eigenvalue weighted by Gasteiger charge is -2.28. The largest absolute Gasteiger partial charge is 0.469 e. The summed E-state index contributed by atoms with van der Waals surface area (Å²) in [4.78, 5) is 11.2. The van der Waals surface area contributed by atoms with E-state index >= 15 is 0 Å². The highest BCUT2D eigenvalue weighted by atomic mass is 32.2. The van der Waals surface area contributed by atoms with Crippen LogP contribution in [0.5, 0.6) is 0 Å². The van der Waals surface area contributed by atoms with Crippen LogP contribution in [0.15, 0.2) is 16.8 Å². The molecule has 1 aromatic rings. The van der Waals surface area contributed by atoms with Crippen LogP contribution in [0.2, 0.25) is 0 Å². The van der Waals surface area contributed by atoms with Gasteiger partial charge in [0.1, 0.15) is 0 Å². The number of hydrogen-bond acceptors (Lipinski definition) is 5. The Morgan fingerprint density at radius 1 is 1.57 bits per heavy atom. The fraction of sp³-hybridized carbons (Fsp3) is 0.615. The van der Waals surface area contributed by atoms with E-state index in [1.54, 1.807) is 11.3 Å². The van der Waals surface area contributed by atoms with Crippen molar-refractivity contribution in [3.8, 4) is 0 Å². The standard InChI is InChI=1S/C13H20N2O4S2/c1-14(8-5-13(16)19-2)21(17,18)15-7-3-4-12(15)11-6-9-20-10-11/h6,9-10,12H,3-5,7-8H2,1-2H3. The van der Waals surface area contributed by atoms with Crippen LogP contribution in [-0.4, -0.2) is 50.2 Å². The summed E-state index contributed by atoms with van der Waals surface area (Å²) in [5, 5.41) is 3.95. The molecule has 2 rings (SSSR count). The molecule has 1 aliphatic rings. The maximum absolute atomic E-state index is 12.6. The minimum atomic E-state index is -3.55. The van der Waals surface area contributed by atoms with Crippen LogP contribution in [0.25, 0.3) is 0 Å². The molecule has 1 atom stereocenters. The number of carbonyl (C=O) groups is 1. The minimum Gasteiger partial charge on any atom is -0.469 e. The highest BCUT2D eigenvalue weighted by Gasteiger charge is 2.37. The van der Waals surface area contributed by atoms with Crippen molar-refractivity contribution in [2.45, 2.75) is 25.3 Å². The van der Waals surface area contributed by atoms with Crippen molar-refractivity contribution >= 4 is 27.5 Å². The van der Waals surface area contributed by atoms with Crippen LogP contribution in [0.4, 0.5) is 0 Å². The summed E-state index contributed by atoms with van der Waals surface area (Å²) in [6, 6.07) is 1.87. The third kappa shape index (κ3) is 3.63. The van der Waals surface area contributed by atoms with E-state index in [4.69, 9.17) is 0 Å². The van der Waals surface area contributed by atoms with Gasteiger partial charge in [-0.15, -0.1) is 0 Å². The first kappa shape index (κ1) is 16.4. The lowest BCUT2D eigenvalue weighted by Crippen LogP contribution is -2.42. The molecule has 0 N–H and O–H groups in total. The Hall–Kier alpha value is -0.960. The van der Waals surface area contributed by atoms with E-state index < -0.39 is 16.2 Å². The van der Waals surface area contributed by atoms with E-state index in [0.717, 1.165) is 18.4 Å². The number of hydrogen-bond donors (Lipinski definition) is 0. The number of ether oxygens (including phenoxy) is 1. The Kier molecular flexibility index (Phi) is 5.37. The topological polar surface area (TPSA) is 66.9 Å². The van der Waals surface area contributed by atoms with Gasteiger partial charge < -0.3 is 4.74 Å². The normalized spacial score (nSPS) is 20.0. The monoisotopic (exact) mass is 332 g/mol. The summed E-state index contributed by atoms with van der Waals surface area (Å²) in [6.07, 6.45) is 1.74. The van der Waals surface area contributed by atoms with Crippen LogP contribution in [0.3, 0.4) is 0 Å². The molecule has 8 heteroatoms. The summed E-state index contributed by atoms with van der Waals surface area (Å²) in [7, 11) is -0.757. The highest BCUT2D eigenvalue weighted by Crippen LogP contribution is 2.35. The second-order valence-corrected chi connectivity index (χ2v) is 7.75. The number of esters is 1. The van der Waals surface area contributed by atoms with Gasteiger partial charge in [0.05, 0.1) is 19.6 Å². The highest BCUT2D eigenvalue weighted by molar-refractivity contribution is 7.86. The zero-order valence-corrected chi connectivity index (χ0v) is 13.8. The molecule has 0 aliphatic carbocycles. The van der Waals surface area contributed by atoms with Gasteiger partial charge in [0.15, 0.2) is 0 Å². The summed E-state index contributed by atoms with van der Waals surface area (Å²) < 4.78 is 32.6. The fourth-order valence-corrected chi connectivity index (χ4v) is 4.75. The van der Waals surface area contributed by atoms with Gasteiger partial charge in [0.25, 0.3) is 10.2 Å². The maximum atomic E-state index is 12.6. The molecular formula is C13H20N2O4S2. The first-order chi connectivity index (χ1) is 9.96. The zero-order valence-electron chi connectivity index (χ0n) is 12.2. The third-order valence-electron chi connectivity index (χ3n) is 3.68. The number of rotatable bonds is 6. The fourth-order valence-electron chi connectivity index (χ4n) is 2.46. The van der Waals surface area contributed by atoms with Gasteiger partial charge >= 0.3 is 5.97 Å². The minimum absolute atomic E-state index is 0.0587. The van der Waals surface area contributed by atoms with Gasteiger partial charge in [0, 0.05) is 20.1 Å². The Morgan fingerprint density at radius 3 is 2.95 bits per heavy atom. The summed E-state index contributed by atoms with van der Waals surface area (Å²) in [5.74, 6) is -0.409. The molecule has 1 fully saturated rings. The molecule has 6 nitrogen and oxygen atoms in total. The molecule has 0 aromatic carbocycles. The number of thiophene rings is 1. The lowest BCUT2D eigenvalue weighted by atomic mass is 10.1. The van der Waals surface area contributed by atoms with E-state index in [0.29, 0.717) is 6.54 Å². The van der Waals surface area contributed by atoms with E-state index in [-0.39, 0.29) is 19.0 Å². The molecule has 2 heterocycles. The van der Waals surface area contributed by atoms with Crippen molar-refractivity contribution in [1.82, 2.24) is 8.61 Å². The molecule has 0 amide bonds. The summed E-state index contributed by atoms with van der Waals surface area (Å²) in [5.41, 5.74) is 1.04. The van der Waals surface area contributed by atoms with Crippen molar-refractivity contribution in [2.75, 3.05) is 27.2 Å². The van der Waals surface area contributed by atoms with Crippen LogP contribution >= 0.6 is 11.3 Å². The van der Waals surface area contributed by atoms with Crippen LogP contribution in [0, 0.1) is 0 Å². The predicted molar refractivity (Wildman–Crippen MR) is 81.2 cm³/mol. The molecule has 1 aliphatic heterocycles. The molecule has 1 aromatic heterocycles. The van der Waals surface area contributed by atoms with Crippen LogP contribution in [0.1, 0.15) is 30.9 Å². The molecular weight excluding hydrogens is 312 g/mol. The average Bonchev–Trinajstić information content (AvgIpc) is 3.13. The van der Waals surface area contributed by atoms with Crippen LogP contribution < -0.4 is 0 Å². The van der Waals surface area contributed by atoms with Gasteiger partial charge in [-0.3, -0.25) is 4.79 Å². The smallest absolute Gasteiger partial charge is 0.306 e. The number of methoxy groups -OCH3 is 1. The molecule has 0 radical (unpaired) electrons. The summed E-state index contributed by atoms with van der Waals surface area (Å²) in [6.45, 7) is 0.646. The Bertz CT molecular complexity index is 571. The first-order valence-corrected chi connectivity index (χ1v) is 9.13. The molecule has 118 valence electrons. The molecule has 1 saturated heterocycles. The van der Waals surface area contributed by atoms with Gasteiger partial charge in [-0.25, -0.2) is 0 Å². The molecule has 1 unspecified atom stereocenters. The van der Waals surface area contributed by atoms with Gasteiger partial charge in [-0.2, -0.15) is 28.4 Å². The molecule has 0 saturated carbocycles. The SMILES string of the molecule is COC(=O)CCN(C)S(=O)(=O)N1CCCC1c1ccsc1. The van der Waals surface area contributed by atoms with E-state index in [2.05, 4.69) is 4.74 Å².